The third-order valence-electron chi connectivity index (χ3n) is 2.32. The normalized spacial score (nSPS) is 10.1. The Kier molecular flexibility index (Phi) is 3.79. The van der Waals surface area contributed by atoms with E-state index in [4.69, 9.17) is 34.3 Å². The van der Waals surface area contributed by atoms with E-state index in [2.05, 4.69) is 4.98 Å². The minimum Gasteiger partial charge on any atom is -0.437 e. The summed E-state index contributed by atoms with van der Waals surface area (Å²) in [5, 5.41) is 0.551. The van der Waals surface area contributed by atoms with Crippen molar-refractivity contribution in [3.8, 4) is 11.6 Å². The zero-order valence-electron chi connectivity index (χ0n) is 9.68. The SMILES string of the molecule is Cc1ccc(Oc2ccc(C(N)=S)cn2)c(Cl)c1. The van der Waals surface area contributed by atoms with Crippen LogP contribution in [0.5, 0.6) is 11.6 Å². The van der Waals surface area contributed by atoms with Gasteiger partial charge in [-0.3, -0.25) is 0 Å². The summed E-state index contributed by atoms with van der Waals surface area (Å²) < 4.78 is 5.57. The van der Waals surface area contributed by atoms with Crippen molar-refractivity contribution in [1.82, 2.24) is 4.98 Å². The van der Waals surface area contributed by atoms with E-state index in [0.717, 1.165) is 5.56 Å². The molecule has 1 heterocycles. The molecule has 0 aliphatic heterocycles. The number of thiocarbonyl (C=S) groups is 1. The zero-order chi connectivity index (χ0) is 13.1. The molecule has 0 aliphatic rings. The first-order valence-electron chi connectivity index (χ1n) is 5.26. The maximum Gasteiger partial charge on any atom is 0.219 e. The lowest BCUT2D eigenvalue weighted by molar-refractivity contribution is 0.463. The molecule has 0 saturated carbocycles. The molecule has 0 aliphatic carbocycles. The van der Waals surface area contributed by atoms with E-state index in [9.17, 15) is 0 Å². The molecular weight excluding hydrogens is 268 g/mol. The predicted molar refractivity (Wildman–Crippen MR) is 76.4 cm³/mol. The second-order valence-electron chi connectivity index (χ2n) is 3.79. The van der Waals surface area contributed by atoms with Gasteiger partial charge >= 0.3 is 0 Å². The zero-order valence-corrected chi connectivity index (χ0v) is 11.3. The van der Waals surface area contributed by atoms with Crippen LogP contribution in [0.3, 0.4) is 0 Å². The number of hydrogen-bond acceptors (Lipinski definition) is 3. The molecule has 3 nitrogen and oxygen atoms in total. The molecule has 0 unspecified atom stereocenters. The predicted octanol–water partition coefficient (Wildman–Crippen LogP) is 3.47. The minimum atomic E-state index is 0.308. The molecule has 0 fully saturated rings. The second-order valence-corrected chi connectivity index (χ2v) is 4.63. The molecule has 0 spiro atoms. The molecule has 2 N–H and O–H groups in total. The van der Waals surface area contributed by atoms with Crippen LogP contribution < -0.4 is 10.5 Å². The van der Waals surface area contributed by atoms with E-state index >= 15 is 0 Å². The number of aryl methyl sites for hydroxylation is 1. The van der Waals surface area contributed by atoms with Gasteiger partial charge < -0.3 is 10.5 Å². The number of ether oxygens (including phenoxy) is 1. The van der Waals surface area contributed by atoms with Crippen LogP contribution in [0.25, 0.3) is 0 Å². The molecule has 2 aromatic rings. The van der Waals surface area contributed by atoms with Gasteiger partial charge in [-0.15, -0.1) is 0 Å². The Bertz CT molecular complexity index is 584. The highest BCUT2D eigenvalue weighted by molar-refractivity contribution is 7.80. The molecule has 0 saturated heterocycles. The summed E-state index contributed by atoms with van der Waals surface area (Å²) in [5.41, 5.74) is 7.26. The van der Waals surface area contributed by atoms with Crippen LogP contribution in [-0.4, -0.2) is 9.97 Å². The number of hydrogen-bond donors (Lipinski definition) is 1. The fraction of sp³-hybridized carbons (Fsp3) is 0.0769. The summed E-state index contributed by atoms with van der Waals surface area (Å²) >= 11 is 10.9. The Morgan fingerprint density at radius 2 is 2.11 bits per heavy atom. The lowest BCUT2D eigenvalue weighted by Crippen LogP contribution is -2.09. The van der Waals surface area contributed by atoms with Crippen molar-refractivity contribution in [3.63, 3.8) is 0 Å². The van der Waals surface area contributed by atoms with Crippen molar-refractivity contribution >= 4 is 28.8 Å². The van der Waals surface area contributed by atoms with Crippen LogP contribution in [-0.2, 0) is 0 Å². The highest BCUT2D eigenvalue weighted by Crippen LogP contribution is 2.28. The van der Waals surface area contributed by atoms with Crippen LogP contribution in [0.1, 0.15) is 11.1 Å². The second kappa shape index (κ2) is 5.33. The molecule has 2 rings (SSSR count). The van der Waals surface area contributed by atoms with Crippen molar-refractivity contribution in [2.75, 3.05) is 0 Å². The number of nitrogens with two attached hydrogens (primary N) is 1. The number of rotatable bonds is 3. The summed E-state index contributed by atoms with van der Waals surface area (Å²) in [6, 6.07) is 9.02. The first-order valence-corrected chi connectivity index (χ1v) is 6.05. The van der Waals surface area contributed by atoms with Crippen LogP contribution in [0.4, 0.5) is 0 Å². The Morgan fingerprint density at radius 3 is 2.67 bits per heavy atom. The molecule has 0 atom stereocenters. The number of nitrogens with zero attached hydrogens (tertiary/aromatic N) is 1. The molecule has 0 radical (unpaired) electrons. The maximum atomic E-state index is 6.07. The monoisotopic (exact) mass is 278 g/mol. The van der Waals surface area contributed by atoms with Gasteiger partial charge in [0.2, 0.25) is 5.88 Å². The van der Waals surface area contributed by atoms with E-state index in [-0.39, 0.29) is 0 Å². The Morgan fingerprint density at radius 1 is 1.33 bits per heavy atom. The van der Waals surface area contributed by atoms with Gasteiger partial charge in [-0.2, -0.15) is 0 Å². The fourth-order valence-electron chi connectivity index (χ4n) is 1.39. The van der Waals surface area contributed by atoms with E-state index in [1.54, 1.807) is 24.4 Å². The maximum absolute atomic E-state index is 6.07. The number of pyridine rings is 1. The molecule has 0 bridgehead atoms. The van der Waals surface area contributed by atoms with E-state index in [1.165, 1.54) is 0 Å². The Balaban J connectivity index is 2.21. The van der Waals surface area contributed by atoms with E-state index < -0.39 is 0 Å². The number of benzene rings is 1. The standard InChI is InChI=1S/C13H11ClN2OS/c1-8-2-4-11(10(14)6-8)17-12-5-3-9(7-16-12)13(15)18/h2-7H,1H3,(H2,15,18). The molecule has 5 heteroatoms. The van der Waals surface area contributed by atoms with Gasteiger partial charge in [0.1, 0.15) is 10.7 Å². The molecule has 1 aromatic heterocycles. The largest absolute Gasteiger partial charge is 0.437 e. The van der Waals surface area contributed by atoms with E-state index in [0.29, 0.717) is 27.2 Å². The molecule has 0 amide bonds. The average Bonchev–Trinajstić information content (AvgIpc) is 2.33. The summed E-state index contributed by atoms with van der Waals surface area (Å²) in [4.78, 5) is 4.42. The summed E-state index contributed by atoms with van der Waals surface area (Å²) in [6.07, 6.45) is 1.57. The molecule has 1 aromatic carbocycles. The van der Waals surface area contributed by atoms with Gasteiger partial charge in [-0.05, 0) is 30.7 Å². The lowest BCUT2D eigenvalue weighted by atomic mass is 10.2. The lowest BCUT2D eigenvalue weighted by Gasteiger charge is -2.07. The quantitative estimate of drug-likeness (QED) is 0.874. The Labute approximate surface area is 116 Å². The van der Waals surface area contributed by atoms with Gasteiger partial charge in [0, 0.05) is 17.8 Å². The minimum absolute atomic E-state index is 0.308. The summed E-state index contributed by atoms with van der Waals surface area (Å²) in [6.45, 7) is 1.96. The highest BCUT2D eigenvalue weighted by Gasteiger charge is 2.05. The van der Waals surface area contributed by atoms with Gasteiger partial charge in [-0.25, -0.2) is 4.98 Å². The van der Waals surface area contributed by atoms with Crippen LogP contribution in [0.2, 0.25) is 5.02 Å². The van der Waals surface area contributed by atoms with Crippen LogP contribution in [0, 0.1) is 6.92 Å². The third-order valence-corrected chi connectivity index (χ3v) is 2.85. The molecule has 92 valence electrons. The van der Waals surface area contributed by atoms with Crippen LogP contribution >= 0.6 is 23.8 Å². The van der Waals surface area contributed by atoms with E-state index in [1.807, 2.05) is 19.1 Å². The van der Waals surface area contributed by atoms with Gasteiger partial charge in [0.25, 0.3) is 0 Å². The number of aromatic nitrogens is 1. The van der Waals surface area contributed by atoms with Gasteiger partial charge in [0.05, 0.1) is 5.02 Å². The first-order chi connectivity index (χ1) is 8.56. The average molecular weight is 279 g/mol. The van der Waals surface area contributed by atoms with Crippen molar-refractivity contribution in [1.29, 1.82) is 0 Å². The third kappa shape index (κ3) is 2.97. The summed E-state index contributed by atoms with van der Waals surface area (Å²) in [7, 11) is 0. The molecular formula is C13H11ClN2OS. The smallest absolute Gasteiger partial charge is 0.219 e. The van der Waals surface area contributed by atoms with Gasteiger partial charge in [0.15, 0.2) is 0 Å². The fourth-order valence-corrected chi connectivity index (χ4v) is 1.78. The van der Waals surface area contributed by atoms with Crippen molar-refractivity contribution in [3.05, 3.63) is 52.7 Å². The first kappa shape index (κ1) is 12.8. The topological polar surface area (TPSA) is 48.1 Å². The summed E-state index contributed by atoms with van der Waals surface area (Å²) in [5.74, 6) is 1.01. The highest BCUT2D eigenvalue weighted by atomic mass is 35.5. The number of halogens is 1. The van der Waals surface area contributed by atoms with Crippen molar-refractivity contribution < 1.29 is 4.74 Å². The van der Waals surface area contributed by atoms with Gasteiger partial charge in [-0.1, -0.05) is 29.9 Å². The van der Waals surface area contributed by atoms with Crippen LogP contribution in [0.15, 0.2) is 36.5 Å². The molecule has 18 heavy (non-hydrogen) atoms. The Hall–Kier alpha value is -1.65. The van der Waals surface area contributed by atoms with Crippen molar-refractivity contribution in [2.24, 2.45) is 5.73 Å². The van der Waals surface area contributed by atoms with Crippen molar-refractivity contribution in [2.45, 2.75) is 6.92 Å².